The Labute approximate surface area is 161 Å². The lowest BCUT2D eigenvalue weighted by atomic mass is 10.1. The highest BCUT2D eigenvalue weighted by Crippen LogP contribution is 2.29. The SMILES string of the molecule is Cc1ccc(S(=O)(=O)[C@@H]2C=CN(S(=O)(=O)c3ccc(C)cc3)[C@@H](C)C2)cc1. The van der Waals surface area contributed by atoms with Crippen molar-refractivity contribution in [2.24, 2.45) is 0 Å². The van der Waals surface area contributed by atoms with Gasteiger partial charge in [0.25, 0.3) is 10.0 Å². The molecule has 0 bridgehead atoms. The molecule has 0 saturated heterocycles. The normalized spacial score (nSPS) is 20.6. The quantitative estimate of drug-likeness (QED) is 0.781. The molecule has 2 atom stereocenters. The average Bonchev–Trinajstić information content (AvgIpc) is 2.62. The number of sulfone groups is 1. The van der Waals surface area contributed by atoms with Crippen LogP contribution in [-0.4, -0.2) is 32.4 Å². The van der Waals surface area contributed by atoms with E-state index in [0.717, 1.165) is 11.1 Å². The summed E-state index contributed by atoms with van der Waals surface area (Å²) in [6.45, 7) is 5.51. The summed E-state index contributed by atoms with van der Waals surface area (Å²) >= 11 is 0. The van der Waals surface area contributed by atoms with Gasteiger partial charge in [0.2, 0.25) is 0 Å². The van der Waals surface area contributed by atoms with Crippen LogP contribution in [-0.2, 0) is 19.9 Å². The molecule has 0 aliphatic carbocycles. The van der Waals surface area contributed by atoms with Crippen LogP contribution >= 0.6 is 0 Å². The van der Waals surface area contributed by atoms with Crippen LogP contribution in [0.15, 0.2) is 70.6 Å². The van der Waals surface area contributed by atoms with Gasteiger partial charge in [0.05, 0.1) is 15.0 Å². The van der Waals surface area contributed by atoms with Crippen LogP contribution in [0.2, 0.25) is 0 Å². The summed E-state index contributed by atoms with van der Waals surface area (Å²) in [7, 11) is -7.27. The maximum Gasteiger partial charge on any atom is 0.264 e. The van der Waals surface area contributed by atoms with E-state index in [1.165, 1.54) is 16.6 Å². The molecule has 0 fully saturated rings. The van der Waals surface area contributed by atoms with E-state index in [-0.39, 0.29) is 16.2 Å². The maximum absolute atomic E-state index is 12.9. The highest BCUT2D eigenvalue weighted by molar-refractivity contribution is 7.92. The van der Waals surface area contributed by atoms with Gasteiger partial charge in [-0.3, -0.25) is 4.31 Å². The molecule has 27 heavy (non-hydrogen) atoms. The van der Waals surface area contributed by atoms with E-state index in [9.17, 15) is 16.8 Å². The highest BCUT2D eigenvalue weighted by atomic mass is 32.2. The number of hydrogen-bond acceptors (Lipinski definition) is 4. The van der Waals surface area contributed by atoms with Crippen LogP contribution in [0.25, 0.3) is 0 Å². The first-order valence-electron chi connectivity index (χ1n) is 8.71. The fourth-order valence-electron chi connectivity index (χ4n) is 3.13. The molecule has 1 aliphatic heterocycles. The van der Waals surface area contributed by atoms with E-state index in [1.54, 1.807) is 55.5 Å². The smallest absolute Gasteiger partial charge is 0.264 e. The topological polar surface area (TPSA) is 71.5 Å². The zero-order valence-electron chi connectivity index (χ0n) is 15.5. The molecule has 7 heteroatoms. The molecule has 5 nitrogen and oxygen atoms in total. The largest absolute Gasteiger partial charge is 0.271 e. The molecule has 144 valence electrons. The fourth-order valence-corrected chi connectivity index (χ4v) is 6.32. The van der Waals surface area contributed by atoms with E-state index < -0.39 is 31.2 Å². The summed E-state index contributed by atoms with van der Waals surface area (Å²) < 4.78 is 52.8. The molecule has 0 amide bonds. The van der Waals surface area contributed by atoms with Gasteiger partial charge < -0.3 is 0 Å². The third-order valence-electron chi connectivity index (χ3n) is 4.80. The minimum atomic E-state index is -3.72. The molecule has 0 radical (unpaired) electrons. The Morgan fingerprint density at radius 1 is 0.815 bits per heavy atom. The van der Waals surface area contributed by atoms with Crippen LogP contribution in [0.3, 0.4) is 0 Å². The first kappa shape index (κ1) is 19.6. The third kappa shape index (κ3) is 3.80. The van der Waals surface area contributed by atoms with Crippen molar-refractivity contribution in [1.82, 2.24) is 4.31 Å². The molecular formula is C20H23NO4S2. The number of hydrogen-bond donors (Lipinski definition) is 0. The molecule has 2 aromatic carbocycles. The van der Waals surface area contributed by atoms with Crippen LogP contribution < -0.4 is 0 Å². The number of benzene rings is 2. The predicted molar refractivity (Wildman–Crippen MR) is 106 cm³/mol. The molecule has 0 unspecified atom stereocenters. The Hall–Kier alpha value is -2.12. The van der Waals surface area contributed by atoms with E-state index >= 15 is 0 Å². The van der Waals surface area contributed by atoms with Crippen molar-refractivity contribution in [3.63, 3.8) is 0 Å². The Kier molecular flexibility index (Phi) is 5.18. The summed E-state index contributed by atoms with van der Waals surface area (Å²) in [5, 5.41) is -0.750. The average molecular weight is 406 g/mol. The van der Waals surface area contributed by atoms with Crippen molar-refractivity contribution in [2.45, 2.75) is 48.3 Å². The van der Waals surface area contributed by atoms with Gasteiger partial charge in [-0.15, -0.1) is 0 Å². The van der Waals surface area contributed by atoms with Crippen LogP contribution in [0.1, 0.15) is 24.5 Å². The fraction of sp³-hybridized carbons (Fsp3) is 0.300. The van der Waals surface area contributed by atoms with Gasteiger partial charge in [-0.2, -0.15) is 0 Å². The van der Waals surface area contributed by atoms with Crippen molar-refractivity contribution in [2.75, 3.05) is 0 Å². The first-order valence-corrected chi connectivity index (χ1v) is 11.7. The summed E-state index contributed by atoms with van der Waals surface area (Å²) in [6.07, 6.45) is 3.07. The summed E-state index contributed by atoms with van der Waals surface area (Å²) in [5.41, 5.74) is 1.96. The van der Waals surface area contributed by atoms with Crippen molar-refractivity contribution < 1.29 is 16.8 Å². The molecule has 1 aliphatic rings. The van der Waals surface area contributed by atoms with E-state index in [4.69, 9.17) is 0 Å². The lowest BCUT2D eigenvalue weighted by Crippen LogP contribution is -2.41. The van der Waals surface area contributed by atoms with Gasteiger partial charge in [0.1, 0.15) is 0 Å². The zero-order chi connectivity index (χ0) is 19.8. The Balaban J connectivity index is 1.90. The van der Waals surface area contributed by atoms with Crippen molar-refractivity contribution in [3.05, 3.63) is 71.9 Å². The predicted octanol–water partition coefficient (Wildman–Crippen LogP) is 3.44. The summed E-state index contributed by atoms with van der Waals surface area (Å²) in [4.78, 5) is 0.453. The van der Waals surface area contributed by atoms with Gasteiger partial charge >= 0.3 is 0 Å². The van der Waals surface area contributed by atoms with Gasteiger partial charge in [0, 0.05) is 12.2 Å². The molecule has 1 heterocycles. The standard InChI is InChI=1S/C20H23NO4S2/c1-15-4-8-18(9-5-15)26(22,23)20-12-13-21(17(3)14-20)27(24,25)19-10-6-16(2)7-11-19/h4-13,17,20H,14H2,1-3H3/t17-,20+/m0/s1. The molecule has 0 N–H and O–H groups in total. The van der Waals surface area contributed by atoms with E-state index in [0.29, 0.717) is 0 Å². The van der Waals surface area contributed by atoms with Crippen molar-refractivity contribution in [1.29, 1.82) is 0 Å². The first-order chi connectivity index (χ1) is 12.6. The van der Waals surface area contributed by atoms with E-state index in [1.807, 2.05) is 13.8 Å². The summed E-state index contributed by atoms with van der Waals surface area (Å²) in [5.74, 6) is 0. The van der Waals surface area contributed by atoms with Crippen LogP contribution in [0.4, 0.5) is 0 Å². The summed E-state index contributed by atoms with van der Waals surface area (Å²) in [6, 6.07) is 12.9. The zero-order valence-corrected chi connectivity index (χ0v) is 17.2. The second kappa shape index (κ2) is 7.13. The Morgan fingerprint density at radius 3 is 1.78 bits per heavy atom. The monoisotopic (exact) mass is 405 g/mol. The second-order valence-corrected chi connectivity index (χ2v) is 11.0. The lowest BCUT2D eigenvalue weighted by molar-refractivity contribution is 0.384. The van der Waals surface area contributed by atoms with Gasteiger partial charge in [-0.05, 0) is 57.5 Å². The van der Waals surface area contributed by atoms with Gasteiger partial charge in [-0.25, -0.2) is 16.8 Å². The number of sulfonamides is 1. The molecule has 3 rings (SSSR count). The Morgan fingerprint density at radius 2 is 1.30 bits per heavy atom. The van der Waals surface area contributed by atoms with E-state index in [2.05, 4.69) is 0 Å². The number of nitrogens with zero attached hydrogens (tertiary/aromatic N) is 1. The van der Waals surface area contributed by atoms with Crippen molar-refractivity contribution in [3.8, 4) is 0 Å². The lowest BCUT2D eigenvalue weighted by Gasteiger charge is -2.33. The molecular weight excluding hydrogens is 382 g/mol. The maximum atomic E-state index is 12.9. The third-order valence-corrected chi connectivity index (χ3v) is 8.78. The van der Waals surface area contributed by atoms with Crippen LogP contribution in [0.5, 0.6) is 0 Å². The van der Waals surface area contributed by atoms with Crippen molar-refractivity contribution >= 4 is 19.9 Å². The molecule has 0 aromatic heterocycles. The molecule has 0 saturated carbocycles. The Bertz CT molecular complexity index is 1050. The van der Waals surface area contributed by atoms with Gasteiger partial charge in [0.15, 0.2) is 9.84 Å². The minimum absolute atomic E-state index is 0.199. The van der Waals surface area contributed by atoms with Gasteiger partial charge in [-0.1, -0.05) is 35.4 Å². The highest BCUT2D eigenvalue weighted by Gasteiger charge is 2.35. The minimum Gasteiger partial charge on any atom is -0.271 e. The number of aryl methyl sites for hydroxylation is 2. The second-order valence-electron chi connectivity index (χ2n) is 6.97. The molecule has 2 aromatic rings. The molecule has 0 spiro atoms. The number of rotatable bonds is 4. The van der Waals surface area contributed by atoms with Crippen LogP contribution in [0, 0.1) is 13.8 Å².